The van der Waals surface area contributed by atoms with E-state index in [0.717, 1.165) is 32.4 Å². The molecule has 3 aliphatic rings. The first-order valence-corrected chi connectivity index (χ1v) is 8.93. The van der Waals surface area contributed by atoms with Gasteiger partial charge in [0, 0.05) is 6.54 Å². The molecule has 1 saturated carbocycles. The zero-order valence-electron chi connectivity index (χ0n) is 13.7. The number of carbonyl (C=O) groups is 1. The maximum absolute atomic E-state index is 12.9. The van der Waals surface area contributed by atoms with Gasteiger partial charge in [-0.15, -0.1) is 0 Å². The van der Waals surface area contributed by atoms with Crippen molar-refractivity contribution in [2.45, 2.75) is 70.5 Å². The molecule has 0 bridgehead atoms. The van der Waals surface area contributed by atoms with Crippen molar-refractivity contribution in [1.82, 2.24) is 15.1 Å². The topological polar surface area (TPSA) is 35.6 Å². The Balaban J connectivity index is 1.59. The van der Waals surface area contributed by atoms with Crippen LogP contribution >= 0.6 is 0 Å². The highest BCUT2D eigenvalue weighted by Crippen LogP contribution is 2.37. The summed E-state index contributed by atoms with van der Waals surface area (Å²) in [5.41, 5.74) is -0.206. The first-order chi connectivity index (χ1) is 10.1. The van der Waals surface area contributed by atoms with Crippen LogP contribution in [0.2, 0.25) is 0 Å². The first-order valence-electron chi connectivity index (χ1n) is 8.93. The van der Waals surface area contributed by atoms with Crippen LogP contribution in [0, 0.1) is 5.92 Å². The van der Waals surface area contributed by atoms with Gasteiger partial charge < -0.3 is 9.80 Å². The van der Waals surface area contributed by atoms with Gasteiger partial charge in [0.1, 0.15) is 0 Å². The van der Waals surface area contributed by atoms with Crippen molar-refractivity contribution in [1.29, 1.82) is 0 Å². The summed E-state index contributed by atoms with van der Waals surface area (Å²) < 4.78 is 0. The minimum absolute atomic E-state index is 0.206. The summed E-state index contributed by atoms with van der Waals surface area (Å²) >= 11 is 0. The Morgan fingerprint density at radius 3 is 2.43 bits per heavy atom. The number of amides is 1. The van der Waals surface area contributed by atoms with Crippen molar-refractivity contribution in [2.75, 3.05) is 26.2 Å². The second-order valence-electron chi connectivity index (χ2n) is 7.52. The SMILES string of the molecule is CC(C)C1NC2(CCCC2)C(=O)N1CCCN1CCCC1. The molecule has 0 aromatic rings. The summed E-state index contributed by atoms with van der Waals surface area (Å²) in [7, 11) is 0. The van der Waals surface area contributed by atoms with E-state index in [1.165, 1.54) is 38.8 Å². The second kappa shape index (κ2) is 6.25. The molecular formula is C17H31N3O. The fraction of sp³-hybridized carbons (Fsp3) is 0.941. The van der Waals surface area contributed by atoms with Crippen LogP contribution in [0.25, 0.3) is 0 Å². The highest BCUT2D eigenvalue weighted by atomic mass is 16.2. The normalized spacial score (nSPS) is 29.4. The molecule has 2 aliphatic heterocycles. The van der Waals surface area contributed by atoms with Crippen LogP contribution in [0.15, 0.2) is 0 Å². The highest BCUT2D eigenvalue weighted by molar-refractivity contribution is 5.89. The zero-order chi connectivity index (χ0) is 14.9. The van der Waals surface area contributed by atoms with Crippen molar-refractivity contribution in [3.8, 4) is 0 Å². The van der Waals surface area contributed by atoms with Gasteiger partial charge in [-0.1, -0.05) is 26.7 Å². The lowest BCUT2D eigenvalue weighted by Gasteiger charge is -2.28. The molecule has 0 radical (unpaired) electrons. The van der Waals surface area contributed by atoms with Gasteiger partial charge in [0.2, 0.25) is 5.91 Å². The van der Waals surface area contributed by atoms with E-state index in [9.17, 15) is 4.79 Å². The van der Waals surface area contributed by atoms with Gasteiger partial charge in [0.25, 0.3) is 0 Å². The quantitative estimate of drug-likeness (QED) is 0.844. The molecule has 1 atom stereocenters. The maximum atomic E-state index is 12.9. The minimum atomic E-state index is -0.206. The van der Waals surface area contributed by atoms with Crippen LogP contribution in [0.1, 0.15) is 58.8 Å². The van der Waals surface area contributed by atoms with Crippen LogP contribution in [-0.4, -0.2) is 53.6 Å². The van der Waals surface area contributed by atoms with E-state index in [2.05, 4.69) is 29.0 Å². The van der Waals surface area contributed by atoms with Crippen molar-refractivity contribution in [3.63, 3.8) is 0 Å². The highest BCUT2D eigenvalue weighted by Gasteiger charge is 2.52. The minimum Gasteiger partial charge on any atom is -0.325 e. The molecule has 4 nitrogen and oxygen atoms in total. The molecule has 0 aromatic heterocycles. The first kappa shape index (κ1) is 15.3. The van der Waals surface area contributed by atoms with E-state index in [0.29, 0.717) is 11.8 Å². The Labute approximate surface area is 129 Å². The molecule has 0 aromatic carbocycles. The van der Waals surface area contributed by atoms with Gasteiger partial charge >= 0.3 is 0 Å². The number of carbonyl (C=O) groups excluding carboxylic acids is 1. The second-order valence-corrected chi connectivity index (χ2v) is 7.52. The zero-order valence-corrected chi connectivity index (χ0v) is 13.7. The van der Waals surface area contributed by atoms with Gasteiger partial charge in [0.15, 0.2) is 0 Å². The van der Waals surface area contributed by atoms with Crippen molar-refractivity contribution in [3.05, 3.63) is 0 Å². The van der Waals surface area contributed by atoms with Crippen LogP contribution in [0.5, 0.6) is 0 Å². The summed E-state index contributed by atoms with van der Waals surface area (Å²) in [6.07, 6.45) is 8.54. The molecule has 120 valence electrons. The van der Waals surface area contributed by atoms with E-state index >= 15 is 0 Å². The third kappa shape index (κ3) is 2.98. The molecule has 1 amide bonds. The van der Waals surface area contributed by atoms with E-state index in [4.69, 9.17) is 0 Å². The van der Waals surface area contributed by atoms with Crippen LogP contribution in [-0.2, 0) is 4.79 Å². The summed E-state index contributed by atoms with van der Waals surface area (Å²) in [6.45, 7) is 9.04. The van der Waals surface area contributed by atoms with Crippen molar-refractivity contribution < 1.29 is 4.79 Å². The molecule has 21 heavy (non-hydrogen) atoms. The fourth-order valence-corrected chi connectivity index (χ4v) is 4.40. The third-order valence-corrected chi connectivity index (χ3v) is 5.59. The van der Waals surface area contributed by atoms with E-state index in [1.807, 2.05) is 0 Å². The fourth-order valence-electron chi connectivity index (χ4n) is 4.40. The molecule has 1 spiro atoms. The smallest absolute Gasteiger partial charge is 0.244 e. The summed E-state index contributed by atoms with van der Waals surface area (Å²) in [5, 5.41) is 3.71. The lowest BCUT2D eigenvalue weighted by molar-refractivity contribution is -0.133. The number of nitrogens with one attached hydrogen (secondary N) is 1. The molecule has 1 aliphatic carbocycles. The van der Waals surface area contributed by atoms with E-state index in [1.54, 1.807) is 0 Å². The maximum Gasteiger partial charge on any atom is 0.244 e. The molecule has 4 heteroatoms. The number of nitrogens with zero attached hydrogens (tertiary/aromatic N) is 2. The summed E-state index contributed by atoms with van der Waals surface area (Å²) in [5.74, 6) is 0.876. The third-order valence-electron chi connectivity index (χ3n) is 5.59. The van der Waals surface area contributed by atoms with E-state index < -0.39 is 0 Å². The number of rotatable bonds is 5. The monoisotopic (exact) mass is 293 g/mol. The number of hydrogen-bond acceptors (Lipinski definition) is 3. The molecule has 1 N–H and O–H groups in total. The summed E-state index contributed by atoms with van der Waals surface area (Å²) in [4.78, 5) is 17.6. The van der Waals surface area contributed by atoms with E-state index in [-0.39, 0.29) is 11.7 Å². The Hall–Kier alpha value is -0.610. The Bertz CT molecular complexity index is 370. The molecule has 2 heterocycles. The Morgan fingerprint density at radius 2 is 1.81 bits per heavy atom. The number of hydrogen-bond donors (Lipinski definition) is 1. The van der Waals surface area contributed by atoms with Crippen molar-refractivity contribution >= 4 is 5.91 Å². The van der Waals surface area contributed by atoms with Crippen LogP contribution in [0.4, 0.5) is 0 Å². The molecule has 3 rings (SSSR count). The Morgan fingerprint density at radius 1 is 1.14 bits per heavy atom. The number of likely N-dealkylation sites (tertiary alicyclic amines) is 1. The van der Waals surface area contributed by atoms with Gasteiger partial charge in [-0.3, -0.25) is 10.1 Å². The average molecular weight is 293 g/mol. The average Bonchev–Trinajstić information content (AvgIpc) is 3.17. The van der Waals surface area contributed by atoms with Gasteiger partial charge in [-0.25, -0.2) is 0 Å². The molecule has 3 fully saturated rings. The Kier molecular flexibility index (Phi) is 4.55. The van der Waals surface area contributed by atoms with Gasteiger partial charge in [-0.05, 0) is 57.7 Å². The summed E-state index contributed by atoms with van der Waals surface area (Å²) in [6, 6.07) is 0. The molecule has 2 saturated heterocycles. The predicted octanol–water partition coefficient (Wildman–Crippen LogP) is 2.20. The van der Waals surface area contributed by atoms with Crippen molar-refractivity contribution in [2.24, 2.45) is 5.92 Å². The van der Waals surface area contributed by atoms with Crippen LogP contribution in [0.3, 0.4) is 0 Å². The lowest BCUT2D eigenvalue weighted by Crippen LogP contribution is -2.45. The van der Waals surface area contributed by atoms with Gasteiger partial charge in [0.05, 0.1) is 11.7 Å². The molecular weight excluding hydrogens is 262 g/mol. The lowest BCUT2D eigenvalue weighted by atomic mass is 9.98. The predicted molar refractivity (Wildman–Crippen MR) is 85.0 cm³/mol. The van der Waals surface area contributed by atoms with Crippen LogP contribution < -0.4 is 5.32 Å². The standard InChI is InChI=1S/C17H31N3O/c1-14(2)15-18-17(8-3-4-9-17)16(21)20(15)13-7-12-19-10-5-6-11-19/h14-15,18H,3-13H2,1-2H3. The molecule has 1 unspecified atom stereocenters. The van der Waals surface area contributed by atoms with Gasteiger partial charge in [-0.2, -0.15) is 0 Å². The largest absolute Gasteiger partial charge is 0.325 e.